The summed E-state index contributed by atoms with van der Waals surface area (Å²) >= 11 is 0. The van der Waals surface area contributed by atoms with Crippen LogP contribution < -0.4 is 4.43 Å². The summed E-state index contributed by atoms with van der Waals surface area (Å²) in [5.41, 5.74) is 1.23. The molecule has 0 aliphatic heterocycles. The van der Waals surface area contributed by atoms with Crippen LogP contribution in [0.15, 0.2) is 48.7 Å². The summed E-state index contributed by atoms with van der Waals surface area (Å²) in [6.45, 7) is 12.0. The van der Waals surface area contributed by atoms with Crippen molar-refractivity contribution in [3.8, 4) is 5.88 Å². The van der Waals surface area contributed by atoms with Crippen LogP contribution in [0.5, 0.6) is 5.88 Å². The standard InChI is InChI=1S/C19H29NO2Si/c1-19(2,3)23(5,6)22-18-13-10-14-20(18)17(15-21-4)16-11-8-7-9-12-16/h7-14,17H,15H2,1-6H3/t17-/m0/s1. The van der Waals surface area contributed by atoms with Gasteiger partial charge in [-0.15, -0.1) is 0 Å². The largest absolute Gasteiger partial charge is 0.532 e. The molecule has 1 atom stereocenters. The van der Waals surface area contributed by atoms with E-state index in [9.17, 15) is 0 Å². The average Bonchev–Trinajstić information content (AvgIpc) is 2.91. The third kappa shape index (κ3) is 4.06. The third-order valence-electron chi connectivity index (χ3n) is 4.75. The van der Waals surface area contributed by atoms with Gasteiger partial charge in [0.25, 0.3) is 8.32 Å². The van der Waals surface area contributed by atoms with Gasteiger partial charge < -0.3 is 13.7 Å². The molecule has 2 aromatic rings. The minimum absolute atomic E-state index is 0.121. The molecule has 0 saturated heterocycles. The minimum atomic E-state index is -1.87. The molecule has 0 unspecified atom stereocenters. The quantitative estimate of drug-likeness (QED) is 0.687. The highest BCUT2D eigenvalue weighted by molar-refractivity contribution is 6.74. The number of ether oxygens (including phenoxy) is 1. The smallest absolute Gasteiger partial charge is 0.252 e. The molecule has 126 valence electrons. The van der Waals surface area contributed by atoms with Gasteiger partial charge >= 0.3 is 0 Å². The molecular formula is C19H29NO2Si. The van der Waals surface area contributed by atoms with Crippen LogP contribution in [0.4, 0.5) is 0 Å². The van der Waals surface area contributed by atoms with E-state index in [0.717, 1.165) is 5.88 Å². The van der Waals surface area contributed by atoms with E-state index in [1.807, 2.05) is 12.1 Å². The number of rotatable bonds is 6. The Morgan fingerprint density at radius 1 is 1.04 bits per heavy atom. The van der Waals surface area contributed by atoms with E-state index in [1.165, 1.54) is 5.56 Å². The van der Waals surface area contributed by atoms with Crippen molar-refractivity contribution >= 4 is 8.32 Å². The SMILES string of the molecule is COC[C@@H](c1ccccc1)n1cccc1O[Si](C)(C)C(C)(C)C. The summed E-state index contributed by atoms with van der Waals surface area (Å²) in [6.07, 6.45) is 2.08. The van der Waals surface area contributed by atoms with Crippen molar-refractivity contribution in [2.45, 2.75) is 44.9 Å². The summed E-state index contributed by atoms with van der Waals surface area (Å²) in [4.78, 5) is 0. The Bertz CT molecular complexity index is 614. The highest BCUT2D eigenvalue weighted by atomic mass is 28.4. The molecule has 23 heavy (non-hydrogen) atoms. The zero-order valence-corrected chi connectivity index (χ0v) is 16.2. The van der Waals surface area contributed by atoms with Gasteiger partial charge in [0.15, 0.2) is 5.88 Å². The second-order valence-corrected chi connectivity index (χ2v) is 12.2. The molecule has 1 aromatic heterocycles. The number of hydrogen-bond donors (Lipinski definition) is 0. The Hall–Kier alpha value is -1.52. The Morgan fingerprint density at radius 3 is 2.26 bits per heavy atom. The Kier molecular flexibility index (Phi) is 5.37. The molecule has 0 aliphatic carbocycles. The van der Waals surface area contributed by atoms with Crippen molar-refractivity contribution in [3.05, 3.63) is 54.2 Å². The van der Waals surface area contributed by atoms with Gasteiger partial charge in [-0.3, -0.25) is 0 Å². The lowest BCUT2D eigenvalue weighted by Gasteiger charge is -2.37. The number of nitrogens with zero attached hydrogens (tertiary/aromatic N) is 1. The highest BCUT2D eigenvalue weighted by Crippen LogP contribution is 2.38. The second-order valence-electron chi connectivity index (χ2n) is 7.50. The van der Waals surface area contributed by atoms with E-state index in [2.05, 4.69) is 75.0 Å². The lowest BCUT2D eigenvalue weighted by molar-refractivity contribution is 0.166. The molecule has 0 amide bonds. The third-order valence-corrected chi connectivity index (χ3v) is 9.08. The maximum Gasteiger partial charge on any atom is 0.252 e. The van der Waals surface area contributed by atoms with Gasteiger partial charge in [0, 0.05) is 13.3 Å². The zero-order chi connectivity index (χ0) is 17.1. The molecule has 0 fully saturated rings. The van der Waals surface area contributed by atoms with E-state index >= 15 is 0 Å². The normalized spacial score (nSPS) is 13.8. The number of hydrogen-bond acceptors (Lipinski definition) is 2. The second kappa shape index (κ2) is 6.93. The summed E-state index contributed by atoms with van der Waals surface area (Å²) in [6, 6.07) is 14.7. The average molecular weight is 332 g/mol. The predicted molar refractivity (Wildman–Crippen MR) is 98.7 cm³/mol. The van der Waals surface area contributed by atoms with Crippen LogP contribution in [-0.4, -0.2) is 26.6 Å². The van der Waals surface area contributed by atoms with Gasteiger partial charge in [-0.05, 0) is 35.8 Å². The molecule has 0 radical (unpaired) electrons. The number of aromatic nitrogens is 1. The van der Waals surface area contributed by atoms with Crippen molar-refractivity contribution in [3.63, 3.8) is 0 Å². The van der Waals surface area contributed by atoms with E-state index in [0.29, 0.717) is 6.61 Å². The number of benzene rings is 1. The maximum atomic E-state index is 6.53. The molecule has 0 saturated carbocycles. The van der Waals surface area contributed by atoms with Crippen LogP contribution in [0.3, 0.4) is 0 Å². The van der Waals surface area contributed by atoms with Gasteiger partial charge in [0.1, 0.15) is 0 Å². The van der Waals surface area contributed by atoms with E-state index in [1.54, 1.807) is 7.11 Å². The summed E-state index contributed by atoms with van der Waals surface area (Å²) in [5, 5.41) is 0.172. The van der Waals surface area contributed by atoms with E-state index in [-0.39, 0.29) is 11.1 Å². The van der Waals surface area contributed by atoms with Gasteiger partial charge in [-0.1, -0.05) is 51.1 Å². The van der Waals surface area contributed by atoms with Crippen LogP contribution in [0, 0.1) is 0 Å². The van der Waals surface area contributed by atoms with E-state index < -0.39 is 8.32 Å². The van der Waals surface area contributed by atoms with Crippen LogP contribution >= 0.6 is 0 Å². The number of methoxy groups -OCH3 is 1. The molecule has 0 aliphatic rings. The Balaban J connectivity index is 2.35. The molecule has 2 rings (SSSR count). The Morgan fingerprint density at radius 2 is 1.70 bits per heavy atom. The monoisotopic (exact) mass is 331 g/mol. The first-order valence-corrected chi connectivity index (χ1v) is 11.1. The zero-order valence-electron chi connectivity index (χ0n) is 15.2. The molecule has 4 heteroatoms. The molecule has 1 aromatic carbocycles. The first-order valence-electron chi connectivity index (χ1n) is 8.16. The van der Waals surface area contributed by atoms with Crippen LogP contribution in [0.25, 0.3) is 0 Å². The van der Waals surface area contributed by atoms with Gasteiger partial charge in [-0.2, -0.15) is 0 Å². The first kappa shape index (κ1) is 17.8. The molecule has 3 nitrogen and oxygen atoms in total. The summed E-state index contributed by atoms with van der Waals surface area (Å²) in [7, 11) is -0.128. The fraction of sp³-hybridized carbons (Fsp3) is 0.474. The van der Waals surface area contributed by atoms with Crippen LogP contribution in [0.1, 0.15) is 32.4 Å². The van der Waals surface area contributed by atoms with Crippen molar-refractivity contribution in [1.82, 2.24) is 4.57 Å². The van der Waals surface area contributed by atoms with Crippen molar-refractivity contribution in [1.29, 1.82) is 0 Å². The molecule has 1 heterocycles. The molecule has 0 spiro atoms. The lowest BCUT2D eigenvalue weighted by atomic mass is 10.1. The lowest BCUT2D eigenvalue weighted by Crippen LogP contribution is -2.44. The molecule has 0 bridgehead atoms. The van der Waals surface area contributed by atoms with Crippen LogP contribution in [-0.2, 0) is 4.74 Å². The topological polar surface area (TPSA) is 23.4 Å². The van der Waals surface area contributed by atoms with Gasteiger partial charge in [0.05, 0.1) is 12.6 Å². The highest BCUT2D eigenvalue weighted by Gasteiger charge is 2.39. The van der Waals surface area contributed by atoms with Crippen LogP contribution in [0.2, 0.25) is 18.1 Å². The van der Waals surface area contributed by atoms with E-state index in [4.69, 9.17) is 9.16 Å². The fourth-order valence-electron chi connectivity index (χ4n) is 2.31. The fourth-order valence-corrected chi connectivity index (χ4v) is 3.31. The summed E-state index contributed by atoms with van der Waals surface area (Å²) < 4.78 is 14.2. The van der Waals surface area contributed by atoms with Crippen molar-refractivity contribution in [2.75, 3.05) is 13.7 Å². The molecule has 0 N–H and O–H groups in total. The van der Waals surface area contributed by atoms with Crippen molar-refractivity contribution in [2.24, 2.45) is 0 Å². The maximum absolute atomic E-state index is 6.53. The minimum Gasteiger partial charge on any atom is -0.532 e. The summed E-state index contributed by atoms with van der Waals surface area (Å²) in [5.74, 6) is 0.933. The van der Waals surface area contributed by atoms with Gasteiger partial charge in [0.2, 0.25) is 0 Å². The Labute approximate surface area is 141 Å². The van der Waals surface area contributed by atoms with Gasteiger partial charge in [-0.25, -0.2) is 0 Å². The van der Waals surface area contributed by atoms with Crippen molar-refractivity contribution < 1.29 is 9.16 Å². The predicted octanol–water partition coefficient (Wildman–Crippen LogP) is 5.11. The first-order chi connectivity index (χ1) is 10.8. The molecular weight excluding hydrogens is 302 g/mol.